The average Bonchev–Trinajstić information content (AvgIpc) is 2.77. The Kier molecular flexibility index (Phi) is 9.33. The van der Waals surface area contributed by atoms with Crippen LogP contribution in [0.15, 0.2) is 54.6 Å². The van der Waals surface area contributed by atoms with Crippen molar-refractivity contribution in [3.8, 4) is 6.07 Å². The van der Waals surface area contributed by atoms with Gasteiger partial charge in [0, 0.05) is 12.6 Å². The minimum absolute atomic E-state index is 0.102. The van der Waals surface area contributed by atoms with Gasteiger partial charge in [0.15, 0.2) is 0 Å². The summed E-state index contributed by atoms with van der Waals surface area (Å²) in [5, 5.41) is 10.2. The number of hydrogen-bond acceptors (Lipinski definition) is 2. The molecule has 0 aliphatic rings. The largest absolute Gasteiger partial charge is 0.416 e. The zero-order valence-electron chi connectivity index (χ0n) is 19.6. The summed E-state index contributed by atoms with van der Waals surface area (Å²) < 4.78 is 41.4. The fourth-order valence-electron chi connectivity index (χ4n) is 4.63. The van der Waals surface area contributed by atoms with Gasteiger partial charge in [0.25, 0.3) is 0 Å². The Morgan fingerprint density at radius 1 is 0.938 bits per heavy atom. The first-order valence-corrected chi connectivity index (χ1v) is 11.6. The summed E-state index contributed by atoms with van der Waals surface area (Å²) in [4.78, 5) is 2.41. The summed E-state index contributed by atoms with van der Waals surface area (Å²) in [5.41, 5.74) is -0.565. The smallest absolute Gasteiger partial charge is 0.296 e. The number of rotatable bonds is 11. The Morgan fingerprint density at radius 2 is 1.53 bits per heavy atom. The van der Waals surface area contributed by atoms with Gasteiger partial charge in [-0.25, -0.2) is 0 Å². The Balaban J connectivity index is 2.35. The van der Waals surface area contributed by atoms with Crippen LogP contribution in [0.25, 0.3) is 0 Å². The molecule has 0 saturated heterocycles. The highest BCUT2D eigenvalue weighted by atomic mass is 19.4. The van der Waals surface area contributed by atoms with Crippen LogP contribution in [0.4, 0.5) is 13.2 Å². The van der Waals surface area contributed by atoms with Gasteiger partial charge >= 0.3 is 6.18 Å². The molecule has 0 N–H and O–H groups in total. The van der Waals surface area contributed by atoms with Crippen LogP contribution in [-0.2, 0) is 18.1 Å². The van der Waals surface area contributed by atoms with Crippen molar-refractivity contribution in [1.82, 2.24) is 4.90 Å². The molecule has 0 aromatic heterocycles. The van der Waals surface area contributed by atoms with Crippen molar-refractivity contribution in [3.63, 3.8) is 0 Å². The van der Waals surface area contributed by atoms with Crippen LogP contribution in [0.5, 0.6) is 0 Å². The second-order valence-electron chi connectivity index (χ2n) is 8.84. The van der Waals surface area contributed by atoms with Crippen LogP contribution in [0.2, 0.25) is 0 Å². The molecule has 0 heterocycles. The molecule has 2 atom stereocenters. The van der Waals surface area contributed by atoms with E-state index in [1.54, 1.807) is 6.07 Å². The van der Waals surface area contributed by atoms with E-state index >= 15 is 0 Å². The molecular weight excluding hydrogens is 409 g/mol. The van der Waals surface area contributed by atoms with E-state index in [2.05, 4.69) is 36.9 Å². The first kappa shape index (κ1) is 25.9. The molecule has 0 aliphatic heterocycles. The molecule has 2 aromatic carbocycles. The van der Waals surface area contributed by atoms with Gasteiger partial charge in [0.1, 0.15) is 0 Å². The van der Waals surface area contributed by atoms with E-state index in [1.807, 2.05) is 32.0 Å². The zero-order valence-corrected chi connectivity index (χ0v) is 19.6. The number of alkyl halides is 3. The van der Waals surface area contributed by atoms with Crippen molar-refractivity contribution in [2.75, 3.05) is 6.54 Å². The molecule has 0 fully saturated rings. The van der Waals surface area contributed by atoms with E-state index in [9.17, 15) is 18.4 Å². The lowest BCUT2D eigenvalue weighted by atomic mass is 9.67. The highest BCUT2D eigenvalue weighted by molar-refractivity contribution is 5.41. The maximum atomic E-state index is 13.8. The van der Waals surface area contributed by atoms with E-state index in [0.717, 1.165) is 32.0 Å². The highest BCUT2D eigenvalue weighted by Gasteiger charge is 2.44. The molecule has 0 saturated carbocycles. The molecule has 174 valence electrons. The van der Waals surface area contributed by atoms with Gasteiger partial charge in [-0.2, -0.15) is 18.4 Å². The molecular formula is C27H35F3N2. The second-order valence-corrected chi connectivity index (χ2v) is 8.84. The third kappa shape index (κ3) is 6.13. The molecule has 2 unspecified atom stereocenters. The maximum Gasteiger partial charge on any atom is 0.416 e. The van der Waals surface area contributed by atoms with Crippen LogP contribution < -0.4 is 0 Å². The Bertz CT molecular complexity index is 870. The number of nitriles is 1. The lowest BCUT2D eigenvalue weighted by Gasteiger charge is -2.37. The summed E-state index contributed by atoms with van der Waals surface area (Å²) in [6, 6.07) is 18.3. The van der Waals surface area contributed by atoms with Crippen LogP contribution in [0, 0.1) is 17.2 Å². The summed E-state index contributed by atoms with van der Waals surface area (Å²) in [7, 11) is 0. The molecule has 0 amide bonds. The third-order valence-corrected chi connectivity index (χ3v) is 6.50. The monoisotopic (exact) mass is 444 g/mol. The molecule has 32 heavy (non-hydrogen) atoms. The minimum atomic E-state index is -4.49. The third-order valence-electron chi connectivity index (χ3n) is 6.50. The zero-order chi connectivity index (χ0) is 23.8. The van der Waals surface area contributed by atoms with E-state index in [0.29, 0.717) is 12.8 Å². The lowest BCUT2D eigenvalue weighted by Crippen LogP contribution is -2.39. The van der Waals surface area contributed by atoms with Gasteiger partial charge in [-0.3, -0.25) is 4.90 Å². The number of benzene rings is 2. The van der Waals surface area contributed by atoms with Crippen molar-refractivity contribution in [3.05, 3.63) is 71.3 Å². The van der Waals surface area contributed by atoms with Crippen molar-refractivity contribution in [2.45, 2.75) is 77.6 Å². The quantitative estimate of drug-likeness (QED) is 0.357. The Labute approximate surface area is 191 Å². The fourth-order valence-corrected chi connectivity index (χ4v) is 4.63. The fraction of sp³-hybridized carbons (Fsp3) is 0.519. The first-order chi connectivity index (χ1) is 15.2. The molecule has 0 bridgehead atoms. The van der Waals surface area contributed by atoms with E-state index in [4.69, 9.17) is 0 Å². The number of nitrogens with zero attached hydrogens (tertiary/aromatic N) is 2. The van der Waals surface area contributed by atoms with E-state index in [1.165, 1.54) is 17.7 Å². The first-order valence-electron chi connectivity index (χ1n) is 11.6. The molecule has 2 aromatic rings. The van der Waals surface area contributed by atoms with Gasteiger partial charge in [-0.1, -0.05) is 76.2 Å². The van der Waals surface area contributed by atoms with Gasteiger partial charge in [0.05, 0.1) is 17.0 Å². The van der Waals surface area contributed by atoms with Crippen molar-refractivity contribution in [2.24, 2.45) is 5.92 Å². The molecule has 5 heteroatoms. The standard InChI is InChI=1S/C27H35F3N2/c1-5-18-32(19-22-12-8-7-9-13-22)23(6-2)16-17-26(20-31,21(3)4)24-14-10-11-15-25(24)27(28,29)30/h7-15,21,23H,5-6,16-19H2,1-4H3. The molecule has 0 aliphatic carbocycles. The normalized spacial score (nSPS) is 14.9. The second kappa shape index (κ2) is 11.5. The average molecular weight is 445 g/mol. The Morgan fingerprint density at radius 3 is 2.03 bits per heavy atom. The van der Waals surface area contributed by atoms with Crippen LogP contribution in [-0.4, -0.2) is 17.5 Å². The summed E-state index contributed by atoms with van der Waals surface area (Å²) in [6.45, 7) is 9.67. The van der Waals surface area contributed by atoms with E-state index in [-0.39, 0.29) is 17.5 Å². The Hall–Kier alpha value is -2.32. The van der Waals surface area contributed by atoms with Crippen LogP contribution in [0.3, 0.4) is 0 Å². The molecule has 2 rings (SSSR count). The van der Waals surface area contributed by atoms with Gasteiger partial charge in [-0.15, -0.1) is 0 Å². The van der Waals surface area contributed by atoms with Crippen LogP contribution in [0.1, 0.15) is 70.1 Å². The predicted octanol–water partition coefficient (Wildman–Crippen LogP) is 7.59. The summed E-state index contributed by atoms with van der Waals surface area (Å²) >= 11 is 0. The predicted molar refractivity (Wildman–Crippen MR) is 124 cm³/mol. The maximum absolute atomic E-state index is 13.8. The van der Waals surface area contributed by atoms with E-state index < -0.39 is 17.2 Å². The summed E-state index contributed by atoms with van der Waals surface area (Å²) in [5.74, 6) is -0.248. The van der Waals surface area contributed by atoms with Crippen molar-refractivity contribution >= 4 is 0 Å². The lowest BCUT2D eigenvalue weighted by molar-refractivity contribution is -0.138. The SMILES string of the molecule is CCCN(Cc1ccccc1)C(CC)CCC(C#N)(c1ccccc1C(F)(F)F)C(C)C. The molecule has 0 radical (unpaired) electrons. The molecule has 0 spiro atoms. The van der Waals surface area contributed by atoms with Gasteiger partial charge < -0.3 is 0 Å². The van der Waals surface area contributed by atoms with Gasteiger partial charge in [-0.05, 0) is 55.3 Å². The number of halogens is 3. The minimum Gasteiger partial charge on any atom is -0.296 e. The number of hydrogen-bond donors (Lipinski definition) is 0. The highest BCUT2D eigenvalue weighted by Crippen LogP contribution is 2.44. The van der Waals surface area contributed by atoms with Gasteiger partial charge in [0.2, 0.25) is 0 Å². The topological polar surface area (TPSA) is 27.0 Å². The van der Waals surface area contributed by atoms with Crippen molar-refractivity contribution in [1.29, 1.82) is 5.26 Å². The summed E-state index contributed by atoms with van der Waals surface area (Å²) in [6.07, 6.45) is -1.55. The molecule has 2 nitrogen and oxygen atoms in total. The van der Waals surface area contributed by atoms with Crippen LogP contribution >= 0.6 is 0 Å². The van der Waals surface area contributed by atoms with Crippen molar-refractivity contribution < 1.29 is 13.2 Å².